The van der Waals surface area contributed by atoms with E-state index in [4.69, 9.17) is 5.84 Å². The van der Waals surface area contributed by atoms with Crippen molar-refractivity contribution in [1.29, 1.82) is 0 Å². The number of rotatable bonds is 3. The molecule has 0 aliphatic carbocycles. The summed E-state index contributed by atoms with van der Waals surface area (Å²) in [5.74, 6) is 5.18. The average Bonchev–Trinajstić information content (AvgIpc) is 2.75. The van der Waals surface area contributed by atoms with E-state index < -0.39 is 0 Å². The Hall–Kier alpha value is -2.48. The maximum atomic E-state index is 11.7. The lowest BCUT2D eigenvalue weighted by Gasteiger charge is -2.01. The SMILES string of the molecule is Cn1cc(NC(=O)c2ccc(NN)nn2)cn1. The summed E-state index contributed by atoms with van der Waals surface area (Å²) in [6.45, 7) is 0. The van der Waals surface area contributed by atoms with Gasteiger partial charge in [0, 0.05) is 13.2 Å². The Balaban J connectivity index is 2.09. The number of nitrogens with one attached hydrogen (secondary N) is 2. The van der Waals surface area contributed by atoms with Crippen LogP contribution in [0.25, 0.3) is 0 Å². The van der Waals surface area contributed by atoms with E-state index >= 15 is 0 Å². The van der Waals surface area contributed by atoms with Crippen LogP contribution in [0.1, 0.15) is 10.5 Å². The van der Waals surface area contributed by atoms with Gasteiger partial charge in [-0.25, -0.2) is 5.84 Å². The van der Waals surface area contributed by atoms with Gasteiger partial charge in [0.25, 0.3) is 5.91 Å². The highest BCUT2D eigenvalue weighted by Crippen LogP contribution is 2.06. The number of amides is 1. The molecule has 2 heterocycles. The highest BCUT2D eigenvalue weighted by molar-refractivity contribution is 6.02. The van der Waals surface area contributed by atoms with E-state index in [9.17, 15) is 4.79 Å². The summed E-state index contributed by atoms with van der Waals surface area (Å²) in [4.78, 5) is 11.7. The number of hydrogen-bond acceptors (Lipinski definition) is 6. The maximum absolute atomic E-state index is 11.7. The Morgan fingerprint density at radius 3 is 2.76 bits per heavy atom. The zero-order valence-electron chi connectivity index (χ0n) is 9.08. The fourth-order valence-corrected chi connectivity index (χ4v) is 1.21. The number of aromatic nitrogens is 4. The molecule has 0 saturated carbocycles. The molecule has 0 saturated heterocycles. The van der Waals surface area contributed by atoms with Gasteiger partial charge in [-0.15, -0.1) is 10.2 Å². The van der Waals surface area contributed by atoms with E-state index in [1.807, 2.05) is 0 Å². The van der Waals surface area contributed by atoms with Crippen LogP contribution < -0.4 is 16.6 Å². The minimum atomic E-state index is -0.353. The predicted octanol–water partition coefficient (Wildman–Crippen LogP) is -0.252. The van der Waals surface area contributed by atoms with Crippen LogP contribution in [0, 0.1) is 0 Å². The number of carbonyl (C=O) groups excluding carboxylic acids is 1. The number of aryl methyl sites for hydroxylation is 1. The van der Waals surface area contributed by atoms with Gasteiger partial charge in [-0.2, -0.15) is 5.10 Å². The number of hydrazine groups is 1. The average molecular weight is 233 g/mol. The molecule has 2 rings (SSSR count). The highest BCUT2D eigenvalue weighted by Gasteiger charge is 2.09. The highest BCUT2D eigenvalue weighted by atomic mass is 16.1. The summed E-state index contributed by atoms with van der Waals surface area (Å²) in [7, 11) is 1.76. The molecule has 88 valence electrons. The molecule has 0 aliphatic heterocycles. The molecule has 2 aromatic heterocycles. The zero-order valence-corrected chi connectivity index (χ0v) is 9.08. The molecule has 0 spiro atoms. The molecule has 0 fully saturated rings. The van der Waals surface area contributed by atoms with Gasteiger partial charge in [0.05, 0.1) is 11.9 Å². The Morgan fingerprint density at radius 1 is 1.41 bits per heavy atom. The Labute approximate surface area is 96.8 Å². The normalized spacial score (nSPS) is 10.0. The minimum Gasteiger partial charge on any atom is -0.318 e. The molecule has 0 atom stereocenters. The molecule has 0 bridgehead atoms. The maximum Gasteiger partial charge on any atom is 0.276 e. The van der Waals surface area contributed by atoms with Crippen molar-refractivity contribution in [3.05, 3.63) is 30.2 Å². The Morgan fingerprint density at radius 2 is 2.24 bits per heavy atom. The van der Waals surface area contributed by atoms with Crippen LogP contribution in [-0.4, -0.2) is 25.9 Å². The van der Waals surface area contributed by atoms with Gasteiger partial charge in [0.15, 0.2) is 11.5 Å². The third kappa shape index (κ3) is 2.55. The lowest BCUT2D eigenvalue weighted by Crippen LogP contribution is -2.15. The van der Waals surface area contributed by atoms with Crippen molar-refractivity contribution >= 4 is 17.4 Å². The van der Waals surface area contributed by atoms with E-state index in [1.165, 1.54) is 6.07 Å². The summed E-state index contributed by atoms with van der Waals surface area (Å²) in [5.41, 5.74) is 3.13. The fraction of sp³-hybridized carbons (Fsp3) is 0.111. The molecule has 0 unspecified atom stereocenters. The van der Waals surface area contributed by atoms with Gasteiger partial charge in [0.1, 0.15) is 0 Å². The quantitative estimate of drug-likeness (QED) is 0.498. The smallest absolute Gasteiger partial charge is 0.276 e. The van der Waals surface area contributed by atoms with Crippen LogP contribution in [0.4, 0.5) is 11.5 Å². The van der Waals surface area contributed by atoms with Gasteiger partial charge in [0.2, 0.25) is 0 Å². The van der Waals surface area contributed by atoms with Crippen LogP contribution in [0.5, 0.6) is 0 Å². The standard InChI is InChI=1S/C9H11N7O/c1-16-5-6(4-11-16)12-9(17)7-2-3-8(13-10)15-14-7/h2-5H,10H2,1H3,(H,12,17)(H,13,15). The first kappa shape index (κ1) is 11.0. The van der Waals surface area contributed by atoms with Crippen molar-refractivity contribution in [2.75, 3.05) is 10.7 Å². The second-order valence-electron chi connectivity index (χ2n) is 3.30. The van der Waals surface area contributed by atoms with Gasteiger partial charge >= 0.3 is 0 Å². The zero-order chi connectivity index (χ0) is 12.3. The Kier molecular flexibility index (Phi) is 2.97. The number of hydrogen-bond donors (Lipinski definition) is 3. The van der Waals surface area contributed by atoms with Gasteiger partial charge in [-0.1, -0.05) is 0 Å². The molecule has 2 aromatic rings. The van der Waals surface area contributed by atoms with E-state index in [1.54, 1.807) is 30.2 Å². The lowest BCUT2D eigenvalue weighted by molar-refractivity contribution is 0.102. The second kappa shape index (κ2) is 4.58. The first-order chi connectivity index (χ1) is 8.19. The third-order valence-electron chi connectivity index (χ3n) is 2.01. The molecule has 8 heteroatoms. The lowest BCUT2D eigenvalue weighted by atomic mass is 10.3. The van der Waals surface area contributed by atoms with Crippen LogP contribution in [0.2, 0.25) is 0 Å². The molecule has 0 aromatic carbocycles. The van der Waals surface area contributed by atoms with Gasteiger partial charge < -0.3 is 10.7 Å². The summed E-state index contributed by atoms with van der Waals surface area (Å²) < 4.78 is 1.59. The summed E-state index contributed by atoms with van der Waals surface area (Å²) in [5, 5.41) is 14.0. The van der Waals surface area contributed by atoms with Crippen molar-refractivity contribution in [2.45, 2.75) is 0 Å². The number of nitrogens with zero attached hydrogens (tertiary/aromatic N) is 4. The first-order valence-electron chi connectivity index (χ1n) is 4.79. The Bertz CT molecular complexity index is 518. The number of carbonyl (C=O) groups is 1. The monoisotopic (exact) mass is 233 g/mol. The third-order valence-corrected chi connectivity index (χ3v) is 2.01. The van der Waals surface area contributed by atoms with Crippen LogP contribution in [0.3, 0.4) is 0 Å². The number of nitrogen functional groups attached to an aromatic ring is 1. The molecular formula is C9H11N7O. The first-order valence-corrected chi connectivity index (χ1v) is 4.79. The van der Waals surface area contributed by atoms with Crippen molar-refractivity contribution in [2.24, 2.45) is 12.9 Å². The summed E-state index contributed by atoms with van der Waals surface area (Å²) in [6, 6.07) is 3.08. The van der Waals surface area contributed by atoms with E-state index in [-0.39, 0.29) is 11.6 Å². The summed E-state index contributed by atoms with van der Waals surface area (Å²) >= 11 is 0. The van der Waals surface area contributed by atoms with Gasteiger partial charge in [-0.05, 0) is 12.1 Å². The van der Waals surface area contributed by atoms with E-state index in [2.05, 4.69) is 26.0 Å². The molecular weight excluding hydrogens is 222 g/mol. The van der Waals surface area contributed by atoms with Crippen molar-refractivity contribution in [1.82, 2.24) is 20.0 Å². The fourth-order valence-electron chi connectivity index (χ4n) is 1.21. The van der Waals surface area contributed by atoms with Crippen molar-refractivity contribution in [3.63, 3.8) is 0 Å². The van der Waals surface area contributed by atoms with Gasteiger partial charge in [-0.3, -0.25) is 9.48 Å². The molecule has 0 radical (unpaired) electrons. The molecule has 1 amide bonds. The van der Waals surface area contributed by atoms with Crippen LogP contribution >= 0.6 is 0 Å². The van der Waals surface area contributed by atoms with Crippen molar-refractivity contribution < 1.29 is 4.79 Å². The van der Waals surface area contributed by atoms with Crippen LogP contribution in [-0.2, 0) is 7.05 Å². The number of nitrogens with two attached hydrogens (primary N) is 1. The van der Waals surface area contributed by atoms with E-state index in [0.717, 1.165) is 0 Å². The van der Waals surface area contributed by atoms with Crippen molar-refractivity contribution in [3.8, 4) is 0 Å². The summed E-state index contributed by atoms with van der Waals surface area (Å²) in [6.07, 6.45) is 3.22. The molecule has 17 heavy (non-hydrogen) atoms. The topological polar surface area (TPSA) is 111 Å². The minimum absolute atomic E-state index is 0.202. The number of anilines is 2. The molecule has 0 aliphatic rings. The second-order valence-corrected chi connectivity index (χ2v) is 3.30. The largest absolute Gasteiger partial charge is 0.318 e. The van der Waals surface area contributed by atoms with E-state index in [0.29, 0.717) is 11.5 Å². The predicted molar refractivity (Wildman–Crippen MR) is 61.0 cm³/mol. The molecule has 4 N–H and O–H groups in total. The van der Waals surface area contributed by atoms with Crippen LogP contribution in [0.15, 0.2) is 24.5 Å². The molecule has 8 nitrogen and oxygen atoms in total.